The number of aryl methyl sites for hydroxylation is 1. The topological polar surface area (TPSA) is 84.2 Å². The number of nitrogens with zero attached hydrogens (tertiary/aromatic N) is 1. The van der Waals surface area contributed by atoms with Crippen LogP contribution >= 0.6 is 0 Å². The van der Waals surface area contributed by atoms with Gasteiger partial charge in [0.15, 0.2) is 0 Å². The Kier molecular flexibility index (Phi) is 3.33. The summed E-state index contributed by atoms with van der Waals surface area (Å²) >= 11 is 0. The smallest absolute Gasteiger partial charge is 0.240 e. The van der Waals surface area contributed by atoms with Crippen molar-refractivity contribution in [3.8, 4) is 0 Å². The van der Waals surface area contributed by atoms with Gasteiger partial charge in [-0.3, -0.25) is 0 Å². The molecule has 0 fully saturated rings. The van der Waals surface area contributed by atoms with Crippen LogP contribution in [-0.2, 0) is 29.7 Å². The molecule has 0 unspecified atom stereocenters. The highest BCUT2D eigenvalue weighted by Crippen LogP contribution is 2.20. The van der Waals surface area contributed by atoms with Gasteiger partial charge in [-0.1, -0.05) is 11.2 Å². The van der Waals surface area contributed by atoms with Gasteiger partial charge < -0.3 is 9.84 Å². The fraction of sp³-hybridized carbons (Fsp3) is 0.308. The minimum Gasteiger partial charge on any atom is -0.361 e. The van der Waals surface area contributed by atoms with Crippen LogP contribution in [0.2, 0.25) is 0 Å². The predicted molar refractivity (Wildman–Crippen MR) is 72.3 cm³/mol. The Morgan fingerprint density at radius 1 is 1.30 bits per heavy atom. The van der Waals surface area contributed by atoms with Gasteiger partial charge in [0.25, 0.3) is 0 Å². The van der Waals surface area contributed by atoms with Gasteiger partial charge in [0.2, 0.25) is 10.0 Å². The number of hydrogen-bond donors (Lipinski definition) is 2. The van der Waals surface area contributed by atoms with Crippen LogP contribution in [0.1, 0.15) is 22.6 Å². The van der Waals surface area contributed by atoms with Gasteiger partial charge >= 0.3 is 0 Å². The summed E-state index contributed by atoms with van der Waals surface area (Å²) in [5, 5.41) is 6.95. The SMILES string of the molecule is Cc1cc(CNS(=O)(=O)c2ccc3c(c2)CNC3)no1. The minimum atomic E-state index is -3.53. The minimum absolute atomic E-state index is 0.120. The van der Waals surface area contributed by atoms with Gasteiger partial charge in [-0.05, 0) is 30.2 Å². The first kappa shape index (κ1) is 13.3. The molecule has 1 aromatic heterocycles. The molecule has 0 radical (unpaired) electrons. The van der Waals surface area contributed by atoms with Crippen LogP contribution in [0.5, 0.6) is 0 Å². The Bertz CT molecular complexity index is 737. The fourth-order valence-electron chi connectivity index (χ4n) is 2.19. The molecule has 2 aromatic rings. The van der Waals surface area contributed by atoms with Crippen LogP contribution < -0.4 is 10.0 Å². The van der Waals surface area contributed by atoms with Crippen molar-refractivity contribution < 1.29 is 12.9 Å². The lowest BCUT2D eigenvalue weighted by Crippen LogP contribution is -2.23. The molecule has 0 spiro atoms. The second-order valence-electron chi connectivity index (χ2n) is 4.79. The average molecular weight is 293 g/mol. The summed E-state index contributed by atoms with van der Waals surface area (Å²) in [5.74, 6) is 0.655. The van der Waals surface area contributed by atoms with Crippen molar-refractivity contribution in [3.63, 3.8) is 0 Å². The number of rotatable bonds is 4. The van der Waals surface area contributed by atoms with E-state index in [0.29, 0.717) is 18.0 Å². The van der Waals surface area contributed by atoms with Gasteiger partial charge in [0.05, 0.1) is 17.1 Å². The van der Waals surface area contributed by atoms with E-state index in [1.807, 2.05) is 6.07 Å². The summed E-state index contributed by atoms with van der Waals surface area (Å²) in [6.45, 7) is 3.38. The normalized spacial score (nSPS) is 14.4. The number of nitrogens with one attached hydrogen (secondary N) is 2. The van der Waals surface area contributed by atoms with E-state index < -0.39 is 10.0 Å². The molecule has 2 N–H and O–H groups in total. The van der Waals surface area contributed by atoms with Crippen molar-refractivity contribution in [2.45, 2.75) is 31.5 Å². The van der Waals surface area contributed by atoms with E-state index in [1.165, 1.54) is 0 Å². The maximum absolute atomic E-state index is 12.2. The van der Waals surface area contributed by atoms with E-state index in [0.717, 1.165) is 17.7 Å². The van der Waals surface area contributed by atoms with Gasteiger partial charge in [0, 0.05) is 19.2 Å². The van der Waals surface area contributed by atoms with E-state index in [9.17, 15) is 8.42 Å². The van der Waals surface area contributed by atoms with Crippen LogP contribution in [0.15, 0.2) is 33.7 Å². The molecule has 1 aliphatic heterocycles. The first-order valence-electron chi connectivity index (χ1n) is 6.29. The molecule has 0 saturated carbocycles. The summed E-state index contributed by atoms with van der Waals surface area (Å²) in [4.78, 5) is 0.278. The monoisotopic (exact) mass is 293 g/mol. The molecule has 6 nitrogen and oxygen atoms in total. The third-order valence-electron chi connectivity index (χ3n) is 3.24. The maximum atomic E-state index is 12.2. The van der Waals surface area contributed by atoms with Crippen molar-refractivity contribution >= 4 is 10.0 Å². The van der Waals surface area contributed by atoms with E-state index in [1.54, 1.807) is 25.1 Å². The number of hydrogen-bond acceptors (Lipinski definition) is 5. The Hall–Kier alpha value is -1.70. The van der Waals surface area contributed by atoms with Crippen molar-refractivity contribution in [1.29, 1.82) is 0 Å². The predicted octanol–water partition coefficient (Wildman–Crippen LogP) is 1.06. The number of benzene rings is 1. The first-order chi connectivity index (χ1) is 9.54. The standard InChI is InChI=1S/C13H15N3O3S/c1-9-4-12(16-19-9)8-15-20(17,18)13-3-2-10-6-14-7-11(10)5-13/h2-5,14-15H,6-8H2,1H3. The first-order valence-corrected chi connectivity index (χ1v) is 7.77. The maximum Gasteiger partial charge on any atom is 0.240 e. The number of aromatic nitrogens is 1. The Morgan fingerprint density at radius 3 is 2.85 bits per heavy atom. The second kappa shape index (κ2) is 5.01. The summed E-state index contributed by atoms with van der Waals surface area (Å²) in [6, 6.07) is 6.90. The molecule has 1 aliphatic rings. The summed E-state index contributed by atoms with van der Waals surface area (Å²) in [6.07, 6.45) is 0. The molecule has 2 heterocycles. The zero-order chi connectivity index (χ0) is 14.2. The van der Waals surface area contributed by atoms with Crippen LogP contribution in [-0.4, -0.2) is 13.6 Å². The van der Waals surface area contributed by atoms with E-state index in [2.05, 4.69) is 15.2 Å². The summed E-state index contributed by atoms with van der Waals surface area (Å²) in [7, 11) is -3.53. The Labute approximate surface area is 117 Å². The second-order valence-corrected chi connectivity index (χ2v) is 6.55. The lowest BCUT2D eigenvalue weighted by Gasteiger charge is -2.07. The number of sulfonamides is 1. The highest BCUT2D eigenvalue weighted by Gasteiger charge is 2.18. The van der Waals surface area contributed by atoms with Crippen LogP contribution in [0, 0.1) is 6.92 Å². The fourth-order valence-corrected chi connectivity index (χ4v) is 3.24. The zero-order valence-corrected chi connectivity index (χ0v) is 11.8. The molecule has 0 bridgehead atoms. The largest absolute Gasteiger partial charge is 0.361 e. The zero-order valence-electron chi connectivity index (χ0n) is 11.0. The Morgan fingerprint density at radius 2 is 2.10 bits per heavy atom. The van der Waals surface area contributed by atoms with Gasteiger partial charge in [-0.25, -0.2) is 13.1 Å². The molecule has 7 heteroatoms. The lowest BCUT2D eigenvalue weighted by atomic mass is 10.1. The van der Waals surface area contributed by atoms with Crippen molar-refractivity contribution in [3.05, 3.63) is 46.8 Å². The highest BCUT2D eigenvalue weighted by molar-refractivity contribution is 7.89. The molecule has 3 rings (SSSR count). The highest BCUT2D eigenvalue weighted by atomic mass is 32.2. The molecule has 0 saturated heterocycles. The lowest BCUT2D eigenvalue weighted by molar-refractivity contribution is 0.390. The molecule has 20 heavy (non-hydrogen) atoms. The Balaban J connectivity index is 1.78. The van der Waals surface area contributed by atoms with E-state index >= 15 is 0 Å². The van der Waals surface area contributed by atoms with Crippen molar-refractivity contribution in [2.24, 2.45) is 0 Å². The molecule has 0 atom stereocenters. The van der Waals surface area contributed by atoms with Gasteiger partial charge in [-0.15, -0.1) is 0 Å². The van der Waals surface area contributed by atoms with E-state index in [-0.39, 0.29) is 11.4 Å². The molecule has 0 amide bonds. The van der Waals surface area contributed by atoms with Crippen molar-refractivity contribution in [2.75, 3.05) is 0 Å². The van der Waals surface area contributed by atoms with Gasteiger partial charge in [0.1, 0.15) is 5.76 Å². The molecular weight excluding hydrogens is 278 g/mol. The summed E-state index contributed by atoms with van der Waals surface area (Å²) in [5.41, 5.74) is 2.75. The van der Waals surface area contributed by atoms with Gasteiger partial charge in [-0.2, -0.15) is 0 Å². The third-order valence-corrected chi connectivity index (χ3v) is 4.64. The third kappa shape index (κ3) is 2.60. The van der Waals surface area contributed by atoms with Crippen LogP contribution in [0.4, 0.5) is 0 Å². The number of fused-ring (bicyclic) bond motifs is 1. The molecule has 1 aromatic carbocycles. The van der Waals surface area contributed by atoms with Crippen molar-refractivity contribution in [1.82, 2.24) is 15.2 Å². The van der Waals surface area contributed by atoms with Crippen LogP contribution in [0.25, 0.3) is 0 Å². The molecule has 0 aliphatic carbocycles. The van der Waals surface area contributed by atoms with Crippen LogP contribution in [0.3, 0.4) is 0 Å². The quantitative estimate of drug-likeness (QED) is 0.880. The molecule has 106 valence electrons. The summed E-state index contributed by atoms with van der Waals surface area (Å²) < 4.78 is 31.9. The average Bonchev–Trinajstić information content (AvgIpc) is 3.04. The molecular formula is C13H15N3O3S. The van der Waals surface area contributed by atoms with E-state index in [4.69, 9.17) is 4.52 Å².